The van der Waals surface area contributed by atoms with Gasteiger partial charge in [0.1, 0.15) is 0 Å². The highest BCUT2D eigenvalue weighted by atomic mass is 32.1. The minimum Gasteiger partial charge on any atom is -0.324 e. The Labute approximate surface area is 194 Å². The number of nitro groups is 1. The number of aryl methyl sites for hydroxylation is 1. The number of thiazole rings is 1. The van der Waals surface area contributed by atoms with Crippen molar-refractivity contribution in [3.05, 3.63) is 52.3 Å². The molecule has 0 saturated carbocycles. The largest absolute Gasteiger partial charge is 0.324 e. The van der Waals surface area contributed by atoms with Gasteiger partial charge in [-0.3, -0.25) is 14.9 Å². The highest BCUT2D eigenvalue weighted by Crippen LogP contribution is 2.32. The van der Waals surface area contributed by atoms with Crippen LogP contribution in [-0.4, -0.2) is 63.4 Å². The number of nitrogens with zero attached hydrogens (tertiary/aromatic N) is 5. The Kier molecular flexibility index (Phi) is 7.17. The maximum absolute atomic E-state index is 12.4. The van der Waals surface area contributed by atoms with Crippen molar-refractivity contribution in [1.82, 2.24) is 25.2 Å². The maximum atomic E-state index is 12.4. The zero-order valence-corrected chi connectivity index (χ0v) is 18.9. The van der Waals surface area contributed by atoms with Gasteiger partial charge in [0.15, 0.2) is 5.13 Å². The highest BCUT2D eigenvalue weighted by molar-refractivity contribution is 7.19. The average molecular weight is 469 g/mol. The van der Waals surface area contributed by atoms with E-state index < -0.39 is 4.92 Å². The Morgan fingerprint density at radius 3 is 2.88 bits per heavy atom. The van der Waals surface area contributed by atoms with E-state index in [1.165, 1.54) is 23.5 Å². The van der Waals surface area contributed by atoms with Crippen molar-refractivity contribution < 1.29 is 9.72 Å². The molecule has 1 aliphatic rings. The van der Waals surface area contributed by atoms with E-state index in [0.717, 1.165) is 43.3 Å². The van der Waals surface area contributed by atoms with E-state index >= 15 is 0 Å². The Morgan fingerprint density at radius 2 is 2.09 bits per heavy atom. The number of non-ortho nitro benzene ring substituents is 1. The molecule has 0 atom stereocenters. The number of aromatic nitrogens is 3. The van der Waals surface area contributed by atoms with Crippen molar-refractivity contribution in [1.29, 1.82) is 0 Å². The van der Waals surface area contributed by atoms with Crippen LogP contribution in [0.2, 0.25) is 0 Å². The molecule has 1 fully saturated rings. The molecule has 4 rings (SSSR count). The zero-order valence-electron chi connectivity index (χ0n) is 18.1. The zero-order chi connectivity index (χ0) is 23.2. The lowest BCUT2D eigenvalue weighted by atomic mass is 10.3. The first-order chi connectivity index (χ1) is 16.0. The standard InChI is InChI=1S/C21H24N8O3S/c1-14-19(33-21(24-14)27-18(30)6-10-28-11-8-22-9-12-28)17-5-7-23-20(26-17)25-15-3-2-4-16(13-15)29(31)32/h2-5,7,13,22H,6,8-12H2,1H3,(H,23,25,26)(H,24,27,30). The summed E-state index contributed by atoms with van der Waals surface area (Å²) in [6, 6.07) is 7.89. The second kappa shape index (κ2) is 10.4. The number of piperazine rings is 1. The van der Waals surface area contributed by atoms with Gasteiger partial charge in [-0.25, -0.2) is 15.0 Å². The van der Waals surface area contributed by atoms with Crippen LogP contribution in [-0.2, 0) is 4.79 Å². The fourth-order valence-corrected chi connectivity index (χ4v) is 4.39. The molecule has 1 saturated heterocycles. The molecular weight excluding hydrogens is 444 g/mol. The topological polar surface area (TPSA) is 138 Å². The van der Waals surface area contributed by atoms with E-state index in [-0.39, 0.29) is 11.6 Å². The minimum absolute atomic E-state index is 0.0215. The van der Waals surface area contributed by atoms with Gasteiger partial charge in [0, 0.05) is 63.2 Å². The van der Waals surface area contributed by atoms with Crippen LogP contribution in [0.5, 0.6) is 0 Å². The SMILES string of the molecule is Cc1nc(NC(=O)CCN2CCNCC2)sc1-c1ccnc(Nc2cccc([N+](=O)[O-])c2)n1. The highest BCUT2D eigenvalue weighted by Gasteiger charge is 2.16. The van der Waals surface area contributed by atoms with Crippen molar-refractivity contribution in [3.63, 3.8) is 0 Å². The molecule has 1 aliphatic heterocycles. The third-order valence-electron chi connectivity index (χ3n) is 5.11. The number of amides is 1. The fourth-order valence-electron chi connectivity index (χ4n) is 3.44. The number of anilines is 3. The van der Waals surface area contributed by atoms with Crippen LogP contribution in [0, 0.1) is 17.0 Å². The summed E-state index contributed by atoms with van der Waals surface area (Å²) in [4.78, 5) is 39.2. The Bertz CT molecular complexity index is 1150. The second-order valence-electron chi connectivity index (χ2n) is 7.52. The van der Waals surface area contributed by atoms with Crippen LogP contribution in [0.15, 0.2) is 36.5 Å². The first-order valence-corrected chi connectivity index (χ1v) is 11.3. The Hall–Kier alpha value is -3.48. The molecule has 12 heteroatoms. The minimum atomic E-state index is -0.456. The lowest BCUT2D eigenvalue weighted by Gasteiger charge is -2.26. The first-order valence-electron chi connectivity index (χ1n) is 10.5. The van der Waals surface area contributed by atoms with Crippen molar-refractivity contribution in [2.45, 2.75) is 13.3 Å². The molecule has 0 aliphatic carbocycles. The van der Waals surface area contributed by atoms with Gasteiger partial charge >= 0.3 is 0 Å². The summed E-state index contributed by atoms with van der Waals surface area (Å²) in [5, 5.41) is 20.7. The van der Waals surface area contributed by atoms with Crippen LogP contribution in [0.3, 0.4) is 0 Å². The Balaban J connectivity index is 1.41. The third-order valence-corrected chi connectivity index (χ3v) is 6.20. The number of hydrogen-bond acceptors (Lipinski definition) is 10. The van der Waals surface area contributed by atoms with Crippen molar-refractivity contribution in [3.8, 4) is 10.6 Å². The summed E-state index contributed by atoms with van der Waals surface area (Å²) >= 11 is 1.35. The number of nitrogens with one attached hydrogen (secondary N) is 3. The fraction of sp³-hybridized carbons (Fsp3) is 0.333. The average Bonchev–Trinajstić information content (AvgIpc) is 3.18. The van der Waals surface area contributed by atoms with E-state index in [1.807, 2.05) is 6.92 Å². The Morgan fingerprint density at radius 1 is 1.27 bits per heavy atom. The molecule has 3 heterocycles. The molecule has 172 valence electrons. The molecular formula is C21H24N8O3S. The lowest BCUT2D eigenvalue weighted by molar-refractivity contribution is -0.384. The monoisotopic (exact) mass is 468 g/mol. The second-order valence-corrected chi connectivity index (χ2v) is 8.52. The summed E-state index contributed by atoms with van der Waals surface area (Å²) in [7, 11) is 0. The van der Waals surface area contributed by atoms with Crippen molar-refractivity contribution in [2.24, 2.45) is 0 Å². The predicted molar refractivity (Wildman–Crippen MR) is 127 cm³/mol. The van der Waals surface area contributed by atoms with E-state index in [4.69, 9.17) is 0 Å². The molecule has 0 radical (unpaired) electrons. The molecule has 2 aromatic heterocycles. The normalized spacial score (nSPS) is 14.1. The molecule has 0 unspecified atom stereocenters. The van der Waals surface area contributed by atoms with Gasteiger partial charge < -0.3 is 20.9 Å². The number of rotatable bonds is 8. The number of nitro benzene ring substituents is 1. The summed E-state index contributed by atoms with van der Waals surface area (Å²) in [5.74, 6) is 0.243. The van der Waals surface area contributed by atoms with Crippen LogP contribution in [0.4, 0.5) is 22.5 Å². The van der Waals surface area contributed by atoms with E-state index in [1.54, 1.807) is 24.4 Å². The number of benzene rings is 1. The van der Waals surface area contributed by atoms with Crippen LogP contribution in [0.25, 0.3) is 10.6 Å². The van der Waals surface area contributed by atoms with E-state index in [0.29, 0.717) is 28.9 Å². The number of carbonyl (C=O) groups excluding carboxylic acids is 1. The van der Waals surface area contributed by atoms with Crippen LogP contribution in [0.1, 0.15) is 12.1 Å². The molecule has 3 N–H and O–H groups in total. The summed E-state index contributed by atoms with van der Waals surface area (Å²) in [6.45, 7) is 6.39. The van der Waals surface area contributed by atoms with Gasteiger partial charge in [0.05, 0.1) is 21.2 Å². The first kappa shape index (κ1) is 22.7. The van der Waals surface area contributed by atoms with E-state index in [2.05, 4.69) is 35.8 Å². The predicted octanol–water partition coefficient (Wildman–Crippen LogP) is 2.79. The van der Waals surface area contributed by atoms with Gasteiger partial charge in [-0.15, -0.1) is 0 Å². The molecule has 11 nitrogen and oxygen atoms in total. The molecule has 1 aromatic carbocycles. The van der Waals surface area contributed by atoms with Crippen LogP contribution < -0.4 is 16.0 Å². The maximum Gasteiger partial charge on any atom is 0.271 e. The molecule has 1 amide bonds. The van der Waals surface area contributed by atoms with Crippen molar-refractivity contribution >= 4 is 39.7 Å². The quantitative estimate of drug-likeness (QED) is 0.336. The van der Waals surface area contributed by atoms with Gasteiger partial charge in [-0.2, -0.15) is 0 Å². The van der Waals surface area contributed by atoms with Crippen LogP contribution >= 0.6 is 11.3 Å². The molecule has 3 aromatic rings. The third kappa shape index (κ3) is 6.06. The van der Waals surface area contributed by atoms with Gasteiger partial charge in [0.25, 0.3) is 5.69 Å². The molecule has 0 bridgehead atoms. The van der Waals surface area contributed by atoms with E-state index in [9.17, 15) is 14.9 Å². The summed E-state index contributed by atoms with van der Waals surface area (Å²) < 4.78 is 0. The molecule has 0 spiro atoms. The van der Waals surface area contributed by atoms with Gasteiger partial charge in [-0.1, -0.05) is 17.4 Å². The number of hydrogen-bond donors (Lipinski definition) is 3. The molecule has 33 heavy (non-hydrogen) atoms. The van der Waals surface area contributed by atoms with Crippen molar-refractivity contribution in [2.75, 3.05) is 43.4 Å². The summed E-state index contributed by atoms with van der Waals surface area (Å²) in [6.07, 6.45) is 2.02. The smallest absolute Gasteiger partial charge is 0.271 e. The number of carbonyl (C=O) groups is 1. The van der Waals surface area contributed by atoms with Gasteiger partial charge in [-0.05, 0) is 19.1 Å². The van der Waals surface area contributed by atoms with Gasteiger partial charge in [0.2, 0.25) is 11.9 Å². The summed E-state index contributed by atoms with van der Waals surface area (Å²) in [5.41, 5.74) is 1.89. The lowest BCUT2D eigenvalue weighted by Crippen LogP contribution is -2.44.